The lowest BCUT2D eigenvalue weighted by molar-refractivity contribution is 0.0827. The molecule has 1 aromatic heterocycles. The van der Waals surface area contributed by atoms with Crippen LogP contribution in [0.4, 0.5) is 10.2 Å². The lowest BCUT2D eigenvalue weighted by Gasteiger charge is -2.31. The molecule has 0 spiro atoms. The molecule has 0 aliphatic carbocycles. The van der Waals surface area contributed by atoms with Crippen molar-refractivity contribution in [1.29, 1.82) is 0 Å². The number of unbranched alkanes of at least 4 members (excludes halogenated alkanes) is 6. The molecule has 0 aromatic carbocycles. The zero-order chi connectivity index (χ0) is 18.0. The number of pyridine rings is 1. The largest absolute Gasteiger partial charge is 0.385 e. The fraction of sp³-hybridized carbons (Fsp3) is 0.684. The van der Waals surface area contributed by atoms with E-state index in [0.29, 0.717) is 5.84 Å². The number of rotatable bonds is 11. The summed E-state index contributed by atoms with van der Waals surface area (Å²) in [7, 11) is 0. The van der Waals surface area contributed by atoms with Gasteiger partial charge in [0.2, 0.25) is 0 Å². The number of ether oxygens (including phenoxy) is 1. The van der Waals surface area contributed by atoms with E-state index in [2.05, 4.69) is 22.2 Å². The third-order valence-electron chi connectivity index (χ3n) is 4.55. The maximum absolute atomic E-state index is 13.7. The maximum atomic E-state index is 13.7. The van der Waals surface area contributed by atoms with Gasteiger partial charge in [0.05, 0.1) is 6.61 Å². The predicted octanol–water partition coefficient (Wildman–Crippen LogP) is 3.80. The minimum absolute atomic E-state index is 0.200. The highest BCUT2D eigenvalue weighted by Gasteiger charge is 2.35. The number of halogens is 1. The minimum Gasteiger partial charge on any atom is -0.385 e. The van der Waals surface area contributed by atoms with Gasteiger partial charge in [-0.25, -0.2) is 9.37 Å². The second kappa shape index (κ2) is 10.3. The van der Waals surface area contributed by atoms with Gasteiger partial charge in [0.15, 0.2) is 0 Å². The van der Waals surface area contributed by atoms with Gasteiger partial charge >= 0.3 is 0 Å². The van der Waals surface area contributed by atoms with Crippen molar-refractivity contribution in [2.45, 2.75) is 57.4 Å². The van der Waals surface area contributed by atoms with E-state index < -0.39 is 12.2 Å². The minimum atomic E-state index is -1.04. The van der Waals surface area contributed by atoms with E-state index in [1.165, 1.54) is 38.5 Å². The van der Waals surface area contributed by atoms with Gasteiger partial charge in [0.1, 0.15) is 30.5 Å². The summed E-state index contributed by atoms with van der Waals surface area (Å²) in [6.07, 6.45) is 10.6. The average molecular weight is 350 g/mol. The van der Waals surface area contributed by atoms with Crippen LogP contribution < -0.4 is 11.1 Å². The molecule has 0 amide bonds. The van der Waals surface area contributed by atoms with Crippen LogP contribution in [-0.2, 0) is 10.3 Å². The Balaban J connectivity index is 1.84. The van der Waals surface area contributed by atoms with E-state index in [1.54, 1.807) is 12.3 Å². The molecule has 0 fully saturated rings. The second-order valence-electron chi connectivity index (χ2n) is 6.74. The molecule has 1 atom stereocenters. The molecule has 1 aliphatic heterocycles. The number of nitrogens with one attached hydrogen (secondary N) is 1. The van der Waals surface area contributed by atoms with Crippen LogP contribution in [0.5, 0.6) is 0 Å². The van der Waals surface area contributed by atoms with Gasteiger partial charge in [0.25, 0.3) is 0 Å². The smallest absolute Gasteiger partial charge is 0.139 e. The Labute approximate surface area is 150 Å². The van der Waals surface area contributed by atoms with Gasteiger partial charge < -0.3 is 15.8 Å². The quantitative estimate of drug-likeness (QED) is 0.596. The Morgan fingerprint density at radius 3 is 2.72 bits per heavy atom. The van der Waals surface area contributed by atoms with Crippen molar-refractivity contribution >= 4 is 11.7 Å². The highest BCUT2D eigenvalue weighted by atomic mass is 19.1. The zero-order valence-corrected chi connectivity index (χ0v) is 15.3. The highest BCUT2D eigenvalue weighted by molar-refractivity contribution is 5.82. The first kappa shape index (κ1) is 19.6. The summed E-state index contributed by atoms with van der Waals surface area (Å²) in [4.78, 5) is 8.65. The lowest BCUT2D eigenvalue weighted by atomic mass is 9.92. The van der Waals surface area contributed by atoms with E-state index in [4.69, 9.17) is 10.5 Å². The molecule has 0 saturated carbocycles. The maximum Gasteiger partial charge on any atom is 0.139 e. The molecule has 1 unspecified atom stereocenters. The number of amidine groups is 1. The second-order valence-corrected chi connectivity index (χ2v) is 6.74. The topological polar surface area (TPSA) is 72.5 Å². The summed E-state index contributed by atoms with van der Waals surface area (Å²) in [6.45, 7) is 2.92. The molecule has 0 saturated heterocycles. The van der Waals surface area contributed by atoms with Crippen LogP contribution in [0.25, 0.3) is 0 Å². The SMILES string of the molecule is CCCCCCCCCNc1cc(C2(CF)COCC(N)=N2)ccn1. The van der Waals surface area contributed by atoms with Crippen molar-refractivity contribution in [3.8, 4) is 0 Å². The van der Waals surface area contributed by atoms with Crippen molar-refractivity contribution in [2.75, 3.05) is 31.7 Å². The van der Waals surface area contributed by atoms with Crippen LogP contribution >= 0.6 is 0 Å². The molecule has 2 rings (SSSR count). The molecule has 0 bridgehead atoms. The number of aliphatic imine (C=N–C) groups is 1. The molecule has 140 valence electrons. The number of hydrogen-bond donors (Lipinski definition) is 2. The van der Waals surface area contributed by atoms with E-state index in [0.717, 1.165) is 24.3 Å². The lowest BCUT2D eigenvalue weighted by Crippen LogP contribution is -2.41. The van der Waals surface area contributed by atoms with Gasteiger partial charge in [-0.3, -0.25) is 4.99 Å². The summed E-state index contributed by atoms with van der Waals surface area (Å²) in [5.41, 5.74) is 5.45. The summed E-state index contributed by atoms with van der Waals surface area (Å²) < 4.78 is 19.1. The summed E-state index contributed by atoms with van der Waals surface area (Å²) >= 11 is 0. The number of anilines is 1. The van der Waals surface area contributed by atoms with E-state index in [1.807, 2.05) is 6.07 Å². The summed E-state index contributed by atoms with van der Waals surface area (Å²) in [5, 5.41) is 3.32. The van der Waals surface area contributed by atoms with Crippen LogP contribution in [0.2, 0.25) is 0 Å². The van der Waals surface area contributed by atoms with Crippen LogP contribution in [0, 0.1) is 0 Å². The average Bonchev–Trinajstić information content (AvgIpc) is 2.64. The summed E-state index contributed by atoms with van der Waals surface area (Å²) in [5.74, 6) is 1.08. The monoisotopic (exact) mass is 350 g/mol. The first-order valence-corrected chi connectivity index (χ1v) is 9.38. The van der Waals surface area contributed by atoms with Crippen LogP contribution in [0.3, 0.4) is 0 Å². The molecule has 6 heteroatoms. The Morgan fingerprint density at radius 1 is 1.24 bits per heavy atom. The van der Waals surface area contributed by atoms with Gasteiger partial charge in [-0.1, -0.05) is 45.4 Å². The van der Waals surface area contributed by atoms with Crippen molar-refractivity contribution in [3.05, 3.63) is 23.9 Å². The van der Waals surface area contributed by atoms with E-state index >= 15 is 0 Å². The van der Waals surface area contributed by atoms with Crippen molar-refractivity contribution in [1.82, 2.24) is 4.98 Å². The normalized spacial score (nSPS) is 20.3. The first-order chi connectivity index (χ1) is 12.2. The van der Waals surface area contributed by atoms with Crippen LogP contribution in [-0.4, -0.2) is 37.3 Å². The Hall–Kier alpha value is -1.69. The van der Waals surface area contributed by atoms with E-state index in [-0.39, 0.29) is 13.2 Å². The fourth-order valence-corrected chi connectivity index (χ4v) is 3.07. The zero-order valence-electron chi connectivity index (χ0n) is 15.3. The van der Waals surface area contributed by atoms with Gasteiger partial charge in [0, 0.05) is 12.7 Å². The molecule has 1 aliphatic rings. The number of hydrogen-bond acceptors (Lipinski definition) is 5. The Kier molecular flexibility index (Phi) is 8.12. The first-order valence-electron chi connectivity index (χ1n) is 9.38. The van der Waals surface area contributed by atoms with Gasteiger partial charge in [-0.05, 0) is 24.1 Å². The number of nitrogens with two attached hydrogens (primary N) is 1. The van der Waals surface area contributed by atoms with Crippen LogP contribution in [0.1, 0.15) is 57.4 Å². The number of nitrogens with zero attached hydrogens (tertiary/aromatic N) is 2. The predicted molar refractivity (Wildman–Crippen MR) is 101 cm³/mol. The highest BCUT2D eigenvalue weighted by Crippen LogP contribution is 2.30. The standard InChI is InChI=1S/C19H31FN4O/c1-2-3-4-5-6-7-8-10-22-18-12-16(9-11-23-18)19(14-20)15-25-13-17(21)24-19/h9,11-12H,2-8,10,13-15H2,1H3,(H2,21,24)(H,22,23). The third-order valence-corrected chi connectivity index (χ3v) is 4.55. The number of aromatic nitrogens is 1. The van der Waals surface area contributed by atoms with Crippen molar-refractivity contribution in [2.24, 2.45) is 10.7 Å². The molecule has 25 heavy (non-hydrogen) atoms. The molecule has 0 radical (unpaired) electrons. The molecular weight excluding hydrogens is 319 g/mol. The Morgan fingerprint density at radius 2 is 2.00 bits per heavy atom. The van der Waals surface area contributed by atoms with Crippen LogP contribution in [0.15, 0.2) is 23.3 Å². The van der Waals surface area contributed by atoms with Crippen molar-refractivity contribution in [3.63, 3.8) is 0 Å². The third kappa shape index (κ3) is 5.96. The van der Waals surface area contributed by atoms with Gasteiger partial charge in [-0.2, -0.15) is 0 Å². The van der Waals surface area contributed by atoms with Gasteiger partial charge in [-0.15, -0.1) is 0 Å². The molecule has 3 N–H and O–H groups in total. The summed E-state index contributed by atoms with van der Waals surface area (Å²) in [6, 6.07) is 3.64. The number of alkyl halides is 1. The molecular formula is C19H31FN4O. The van der Waals surface area contributed by atoms with E-state index in [9.17, 15) is 4.39 Å². The molecule has 1 aromatic rings. The van der Waals surface area contributed by atoms with Crippen molar-refractivity contribution < 1.29 is 9.13 Å². The Bertz CT molecular complexity index is 552. The molecule has 2 heterocycles. The molecule has 5 nitrogen and oxygen atoms in total. The fourth-order valence-electron chi connectivity index (χ4n) is 3.07.